The fraction of sp³-hybridized carbons (Fsp3) is 0.0769. The number of rotatable bonds is 4. The lowest BCUT2D eigenvalue weighted by molar-refractivity contribution is -0.385. The van der Waals surface area contributed by atoms with Gasteiger partial charge in [0.1, 0.15) is 5.69 Å². The van der Waals surface area contributed by atoms with Crippen LogP contribution in [0.3, 0.4) is 0 Å². The number of hydrogen-bond donors (Lipinski definition) is 1. The van der Waals surface area contributed by atoms with E-state index < -0.39 is 34.1 Å². The zero-order valence-electron chi connectivity index (χ0n) is 11.5. The first kappa shape index (κ1) is 16.3. The zero-order chi connectivity index (χ0) is 17.1. The predicted molar refractivity (Wildman–Crippen MR) is 73.1 cm³/mol. The van der Waals surface area contributed by atoms with Crippen LogP contribution in [0.15, 0.2) is 23.3 Å². The van der Waals surface area contributed by atoms with Gasteiger partial charge in [0.2, 0.25) is 11.6 Å². The molecule has 0 aliphatic rings. The van der Waals surface area contributed by atoms with Crippen molar-refractivity contribution in [3.63, 3.8) is 0 Å². The first-order valence-electron chi connectivity index (χ1n) is 6.05. The molecule has 2 aromatic rings. The molecule has 0 aliphatic heterocycles. The molecule has 23 heavy (non-hydrogen) atoms. The monoisotopic (exact) mass is 328 g/mol. The maximum Gasteiger partial charge on any atom is 0.272 e. The van der Waals surface area contributed by atoms with Gasteiger partial charge >= 0.3 is 0 Å². The van der Waals surface area contributed by atoms with Crippen molar-refractivity contribution in [3.05, 3.63) is 63.0 Å². The summed E-state index contributed by atoms with van der Waals surface area (Å²) in [5.74, 6) is -7.13. The van der Waals surface area contributed by atoms with Crippen LogP contribution in [0.4, 0.5) is 28.9 Å². The number of pyridine rings is 1. The highest BCUT2D eigenvalue weighted by Gasteiger charge is 2.20. The average Bonchev–Trinajstić information content (AvgIpc) is 2.50. The maximum absolute atomic E-state index is 13.3. The van der Waals surface area contributed by atoms with Crippen molar-refractivity contribution in [1.29, 1.82) is 0 Å². The van der Waals surface area contributed by atoms with Crippen molar-refractivity contribution in [2.75, 3.05) is 5.43 Å². The molecule has 0 atom stereocenters. The molecule has 6 nitrogen and oxygen atoms in total. The third kappa shape index (κ3) is 3.42. The summed E-state index contributed by atoms with van der Waals surface area (Å²) in [5.41, 5.74) is 1.12. The van der Waals surface area contributed by atoms with Gasteiger partial charge in [-0.05, 0) is 6.92 Å². The number of anilines is 1. The highest BCUT2D eigenvalue weighted by molar-refractivity contribution is 5.81. The Bertz CT molecular complexity index is 785. The number of nitrogens with zero attached hydrogens (tertiary/aromatic N) is 3. The SMILES string of the molecule is Cc1ccc(/C=N\Nc2c(F)c(F)nc(F)c2F)cc1[N+](=O)[O-]. The van der Waals surface area contributed by atoms with Crippen LogP contribution in [-0.4, -0.2) is 16.1 Å². The van der Waals surface area contributed by atoms with E-state index in [9.17, 15) is 27.7 Å². The summed E-state index contributed by atoms with van der Waals surface area (Å²) in [5, 5.41) is 14.2. The van der Waals surface area contributed by atoms with Crippen molar-refractivity contribution in [1.82, 2.24) is 4.98 Å². The molecule has 0 unspecified atom stereocenters. The molecule has 0 radical (unpaired) electrons. The summed E-state index contributed by atoms with van der Waals surface area (Å²) in [6.07, 6.45) is 1.00. The van der Waals surface area contributed by atoms with Crippen LogP contribution in [-0.2, 0) is 0 Å². The number of nitro benzene ring substituents is 1. The van der Waals surface area contributed by atoms with Gasteiger partial charge < -0.3 is 0 Å². The Hall–Kier alpha value is -3.04. The van der Waals surface area contributed by atoms with E-state index in [0.29, 0.717) is 5.56 Å². The van der Waals surface area contributed by atoms with Crippen LogP contribution in [0.25, 0.3) is 0 Å². The molecule has 0 fully saturated rings. The molecule has 1 N–H and O–H groups in total. The van der Waals surface area contributed by atoms with Gasteiger partial charge in [-0.1, -0.05) is 12.1 Å². The molecule has 0 bridgehead atoms. The molecule has 0 saturated carbocycles. The Kier molecular flexibility index (Phi) is 4.53. The highest BCUT2D eigenvalue weighted by Crippen LogP contribution is 2.22. The molecule has 1 heterocycles. The van der Waals surface area contributed by atoms with Gasteiger partial charge in [0.15, 0.2) is 0 Å². The van der Waals surface area contributed by atoms with Crippen LogP contribution < -0.4 is 5.43 Å². The van der Waals surface area contributed by atoms with E-state index in [1.54, 1.807) is 5.43 Å². The molecule has 10 heteroatoms. The third-order valence-corrected chi connectivity index (χ3v) is 2.82. The lowest BCUT2D eigenvalue weighted by Crippen LogP contribution is -2.06. The van der Waals surface area contributed by atoms with Crippen molar-refractivity contribution >= 4 is 17.6 Å². The average molecular weight is 328 g/mol. The van der Waals surface area contributed by atoms with Crippen LogP contribution >= 0.6 is 0 Å². The van der Waals surface area contributed by atoms with E-state index in [1.165, 1.54) is 25.1 Å². The minimum absolute atomic E-state index is 0.174. The highest BCUT2D eigenvalue weighted by atomic mass is 19.2. The molecule has 1 aromatic carbocycles. The normalized spacial score (nSPS) is 11.0. The van der Waals surface area contributed by atoms with E-state index in [4.69, 9.17) is 0 Å². The summed E-state index contributed by atoms with van der Waals surface area (Å²) < 4.78 is 52.4. The molecule has 0 aliphatic carbocycles. The molecule has 120 valence electrons. The summed E-state index contributed by atoms with van der Waals surface area (Å²) in [7, 11) is 0. The first-order chi connectivity index (χ1) is 10.8. The van der Waals surface area contributed by atoms with Gasteiger partial charge in [0.05, 0.1) is 11.1 Å². The molecule has 1 aromatic heterocycles. The number of hydrazone groups is 1. The van der Waals surface area contributed by atoms with Crippen molar-refractivity contribution in [2.45, 2.75) is 6.92 Å². The lowest BCUT2D eigenvalue weighted by Gasteiger charge is -2.04. The maximum atomic E-state index is 13.3. The van der Waals surface area contributed by atoms with Crippen LogP contribution in [0.2, 0.25) is 0 Å². The largest absolute Gasteiger partial charge is 0.272 e. The number of nitro groups is 1. The molecule has 0 saturated heterocycles. The van der Waals surface area contributed by atoms with Gasteiger partial charge in [-0.15, -0.1) is 0 Å². The van der Waals surface area contributed by atoms with Gasteiger partial charge in [-0.3, -0.25) is 15.5 Å². The van der Waals surface area contributed by atoms with E-state index in [2.05, 4.69) is 10.1 Å². The Balaban J connectivity index is 2.27. The summed E-state index contributed by atoms with van der Waals surface area (Å²) in [4.78, 5) is 12.6. The summed E-state index contributed by atoms with van der Waals surface area (Å²) in [6.45, 7) is 1.53. The van der Waals surface area contributed by atoms with Crippen molar-refractivity contribution < 1.29 is 22.5 Å². The molecular weight excluding hydrogens is 320 g/mol. The van der Waals surface area contributed by atoms with Gasteiger partial charge in [-0.2, -0.15) is 27.6 Å². The number of halogens is 4. The minimum Gasteiger partial charge on any atom is -0.272 e. The second kappa shape index (κ2) is 6.38. The van der Waals surface area contributed by atoms with Gasteiger partial charge in [-0.25, -0.2) is 0 Å². The molecule has 0 amide bonds. The Labute approximate surface area is 126 Å². The second-order valence-electron chi connectivity index (χ2n) is 4.37. The van der Waals surface area contributed by atoms with E-state index in [1.807, 2.05) is 0 Å². The lowest BCUT2D eigenvalue weighted by atomic mass is 10.1. The van der Waals surface area contributed by atoms with E-state index in [-0.39, 0.29) is 11.3 Å². The molecular formula is C13H8F4N4O2. The van der Waals surface area contributed by atoms with E-state index in [0.717, 1.165) is 6.21 Å². The first-order valence-corrected chi connectivity index (χ1v) is 6.05. The topological polar surface area (TPSA) is 80.4 Å². The summed E-state index contributed by atoms with van der Waals surface area (Å²) in [6, 6.07) is 4.10. The molecule has 2 rings (SSSR count). The Morgan fingerprint density at radius 2 is 1.83 bits per heavy atom. The summed E-state index contributed by atoms with van der Waals surface area (Å²) >= 11 is 0. The van der Waals surface area contributed by atoms with Gasteiger partial charge in [0, 0.05) is 17.2 Å². The van der Waals surface area contributed by atoms with Crippen molar-refractivity contribution in [2.24, 2.45) is 5.10 Å². The Morgan fingerprint density at radius 1 is 1.22 bits per heavy atom. The standard InChI is InChI=1S/C13H8F4N4O2/c1-6-2-3-7(4-8(6)21(22)23)5-18-20-11-9(14)12(16)19-13(17)10(11)15/h2-5H,1H3,(H,19,20)/b18-5-. The number of aryl methyl sites for hydroxylation is 1. The molecule has 0 spiro atoms. The number of hydrogen-bond acceptors (Lipinski definition) is 5. The fourth-order valence-corrected chi connectivity index (χ4v) is 1.66. The van der Waals surface area contributed by atoms with Gasteiger partial charge in [0.25, 0.3) is 17.6 Å². The predicted octanol–water partition coefficient (Wildman–Crippen LogP) is 3.30. The zero-order valence-corrected chi connectivity index (χ0v) is 11.5. The second-order valence-corrected chi connectivity index (χ2v) is 4.37. The van der Waals surface area contributed by atoms with Crippen LogP contribution in [0.5, 0.6) is 0 Å². The quantitative estimate of drug-likeness (QED) is 0.307. The fourth-order valence-electron chi connectivity index (χ4n) is 1.66. The number of benzene rings is 1. The smallest absolute Gasteiger partial charge is 0.272 e. The number of aromatic nitrogens is 1. The van der Waals surface area contributed by atoms with Crippen LogP contribution in [0, 0.1) is 40.6 Å². The minimum atomic E-state index is -1.83. The van der Waals surface area contributed by atoms with E-state index >= 15 is 0 Å². The van der Waals surface area contributed by atoms with Crippen molar-refractivity contribution in [3.8, 4) is 0 Å². The number of nitrogens with one attached hydrogen (secondary N) is 1. The Morgan fingerprint density at radius 3 is 2.39 bits per heavy atom. The van der Waals surface area contributed by atoms with Crippen LogP contribution in [0.1, 0.15) is 11.1 Å². The third-order valence-electron chi connectivity index (χ3n) is 2.82.